The summed E-state index contributed by atoms with van der Waals surface area (Å²) >= 11 is 0. The first-order valence-electron chi connectivity index (χ1n) is 5.00. The lowest BCUT2D eigenvalue weighted by atomic mass is 9.84. The van der Waals surface area contributed by atoms with Crippen LogP contribution < -0.4 is 5.73 Å². The third-order valence-corrected chi connectivity index (χ3v) is 3.76. The Morgan fingerprint density at radius 3 is 2.85 bits per heavy atom. The van der Waals surface area contributed by atoms with Gasteiger partial charge in [-0.3, -0.25) is 0 Å². The molecule has 3 rings (SSSR count). The molecule has 3 heteroatoms. The zero-order chi connectivity index (χ0) is 8.84. The van der Waals surface area contributed by atoms with Crippen molar-refractivity contribution in [2.75, 3.05) is 0 Å². The van der Waals surface area contributed by atoms with Crippen LogP contribution in [0.1, 0.15) is 30.9 Å². The normalized spacial score (nSPS) is 42.8. The molecule has 0 saturated heterocycles. The number of fused-ring (bicyclic) bond motifs is 2. The average Bonchev–Trinajstić information content (AvgIpc) is 2.76. The molecule has 2 fully saturated rings. The first-order valence-corrected chi connectivity index (χ1v) is 5.00. The molecular weight excluding hydrogens is 164 g/mol. The summed E-state index contributed by atoms with van der Waals surface area (Å²) in [7, 11) is 0. The summed E-state index contributed by atoms with van der Waals surface area (Å²) < 4.78 is 5.35. The number of hydrogen-bond acceptors (Lipinski definition) is 3. The van der Waals surface area contributed by atoms with Crippen LogP contribution in [0.4, 0.5) is 0 Å². The molecule has 2 bridgehead atoms. The van der Waals surface area contributed by atoms with E-state index in [1.54, 1.807) is 0 Å². The van der Waals surface area contributed by atoms with Gasteiger partial charge in [0.05, 0.1) is 6.20 Å². The molecule has 2 N–H and O–H groups in total. The molecule has 0 amide bonds. The van der Waals surface area contributed by atoms with E-state index in [1.165, 1.54) is 25.7 Å². The van der Waals surface area contributed by atoms with Crippen LogP contribution in [0, 0.1) is 11.8 Å². The third-order valence-electron chi connectivity index (χ3n) is 3.76. The molecule has 2 aliphatic carbocycles. The fourth-order valence-corrected chi connectivity index (χ4v) is 3.15. The Morgan fingerprint density at radius 1 is 1.38 bits per heavy atom. The number of oxazole rings is 1. The van der Waals surface area contributed by atoms with Crippen LogP contribution in [0.2, 0.25) is 0 Å². The van der Waals surface area contributed by atoms with Gasteiger partial charge in [0.1, 0.15) is 5.76 Å². The summed E-state index contributed by atoms with van der Waals surface area (Å²) in [4.78, 5) is 3.96. The second-order valence-electron chi connectivity index (χ2n) is 4.34. The van der Waals surface area contributed by atoms with Gasteiger partial charge in [-0.2, -0.15) is 0 Å². The van der Waals surface area contributed by atoms with Gasteiger partial charge >= 0.3 is 0 Å². The highest BCUT2D eigenvalue weighted by atomic mass is 16.3. The molecule has 0 aliphatic heterocycles. The SMILES string of the molecule is NC1C2CCC(C2)C1c1cnco1. The predicted octanol–water partition coefficient (Wildman–Crippen LogP) is 1.52. The van der Waals surface area contributed by atoms with E-state index in [0.29, 0.717) is 12.0 Å². The summed E-state index contributed by atoms with van der Waals surface area (Å²) in [6, 6.07) is 0.312. The van der Waals surface area contributed by atoms with E-state index >= 15 is 0 Å². The summed E-state index contributed by atoms with van der Waals surface area (Å²) in [6.45, 7) is 0. The maximum atomic E-state index is 6.17. The largest absolute Gasteiger partial charge is 0.448 e. The highest BCUT2D eigenvalue weighted by Gasteiger charge is 2.47. The van der Waals surface area contributed by atoms with Gasteiger partial charge in [-0.1, -0.05) is 0 Å². The minimum atomic E-state index is 0.312. The Labute approximate surface area is 77.3 Å². The average molecular weight is 178 g/mol. The fourth-order valence-electron chi connectivity index (χ4n) is 3.15. The lowest BCUT2D eigenvalue weighted by Gasteiger charge is -2.25. The molecule has 0 spiro atoms. The maximum absolute atomic E-state index is 6.17. The Hall–Kier alpha value is -0.830. The Morgan fingerprint density at radius 2 is 2.23 bits per heavy atom. The second kappa shape index (κ2) is 2.58. The number of hydrogen-bond donors (Lipinski definition) is 1. The molecule has 2 aliphatic rings. The van der Waals surface area contributed by atoms with Gasteiger partial charge < -0.3 is 10.2 Å². The summed E-state index contributed by atoms with van der Waals surface area (Å²) in [6.07, 6.45) is 7.27. The third kappa shape index (κ3) is 0.967. The number of nitrogens with zero attached hydrogens (tertiary/aromatic N) is 1. The van der Waals surface area contributed by atoms with Gasteiger partial charge in [-0.15, -0.1) is 0 Å². The highest BCUT2D eigenvalue weighted by molar-refractivity contribution is 5.14. The number of nitrogens with two attached hydrogens (primary N) is 1. The van der Waals surface area contributed by atoms with Gasteiger partial charge in [0.25, 0.3) is 0 Å². The van der Waals surface area contributed by atoms with Crippen LogP contribution in [0.25, 0.3) is 0 Å². The van der Waals surface area contributed by atoms with Gasteiger partial charge in [-0.05, 0) is 31.1 Å². The van der Waals surface area contributed by atoms with Crippen molar-refractivity contribution in [3.05, 3.63) is 18.4 Å². The lowest BCUT2D eigenvalue weighted by molar-refractivity contribution is 0.319. The van der Waals surface area contributed by atoms with Crippen LogP contribution >= 0.6 is 0 Å². The summed E-state index contributed by atoms with van der Waals surface area (Å²) in [5.41, 5.74) is 6.17. The molecule has 0 aromatic carbocycles. The minimum Gasteiger partial charge on any atom is -0.448 e. The van der Waals surface area contributed by atoms with Crippen LogP contribution in [0.5, 0.6) is 0 Å². The monoisotopic (exact) mass is 178 g/mol. The van der Waals surface area contributed by atoms with E-state index in [2.05, 4.69) is 4.98 Å². The molecule has 0 radical (unpaired) electrons. The first kappa shape index (κ1) is 7.56. The fraction of sp³-hybridized carbons (Fsp3) is 0.700. The van der Waals surface area contributed by atoms with Crippen molar-refractivity contribution in [1.82, 2.24) is 4.98 Å². The van der Waals surface area contributed by atoms with E-state index in [1.807, 2.05) is 6.20 Å². The standard InChI is InChI=1S/C10H14N2O/c11-10-7-2-1-6(3-7)9(10)8-4-12-5-13-8/h4-7,9-10H,1-3,11H2. The topological polar surface area (TPSA) is 52.0 Å². The van der Waals surface area contributed by atoms with E-state index in [4.69, 9.17) is 10.2 Å². The molecule has 1 aromatic rings. The smallest absolute Gasteiger partial charge is 0.180 e. The van der Waals surface area contributed by atoms with E-state index in [-0.39, 0.29) is 0 Å². The molecule has 1 aromatic heterocycles. The Balaban J connectivity index is 1.93. The van der Waals surface area contributed by atoms with Gasteiger partial charge in [0.15, 0.2) is 6.39 Å². The van der Waals surface area contributed by atoms with E-state index in [0.717, 1.165) is 17.6 Å². The van der Waals surface area contributed by atoms with Crippen molar-refractivity contribution in [2.24, 2.45) is 17.6 Å². The van der Waals surface area contributed by atoms with Crippen molar-refractivity contribution in [1.29, 1.82) is 0 Å². The molecule has 2 saturated carbocycles. The van der Waals surface area contributed by atoms with E-state index in [9.17, 15) is 0 Å². The van der Waals surface area contributed by atoms with Crippen molar-refractivity contribution in [2.45, 2.75) is 31.2 Å². The lowest BCUT2D eigenvalue weighted by Crippen LogP contribution is -2.33. The Kier molecular flexibility index (Phi) is 1.50. The molecule has 13 heavy (non-hydrogen) atoms. The van der Waals surface area contributed by atoms with Gasteiger partial charge in [0.2, 0.25) is 0 Å². The first-order chi connectivity index (χ1) is 6.36. The zero-order valence-corrected chi connectivity index (χ0v) is 7.52. The molecule has 1 heterocycles. The van der Waals surface area contributed by atoms with Crippen LogP contribution in [-0.4, -0.2) is 11.0 Å². The number of rotatable bonds is 1. The van der Waals surface area contributed by atoms with Crippen molar-refractivity contribution >= 4 is 0 Å². The maximum Gasteiger partial charge on any atom is 0.180 e. The zero-order valence-electron chi connectivity index (χ0n) is 7.52. The minimum absolute atomic E-state index is 0.312. The van der Waals surface area contributed by atoms with Gasteiger partial charge in [0, 0.05) is 12.0 Å². The summed E-state index contributed by atoms with van der Waals surface area (Å²) in [5.74, 6) is 2.94. The number of aromatic nitrogens is 1. The molecule has 70 valence electrons. The second-order valence-corrected chi connectivity index (χ2v) is 4.34. The predicted molar refractivity (Wildman–Crippen MR) is 48.1 cm³/mol. The van der Waals surface area contributed by atoms with Crippen LogP contribution in [0.15, 0.2) is 17.0 Å². The van der Waals surface area contributed by atoms with Crippen molar-refractivity contribution in [3.63, 3.8) is 0 Å². The van der Waals surface area contributed by atoms with Crippen molar-refractivity contribution in [3.8, 4) is 0 Å². The molecular formula is C10H14N2O. The van der Waals surface area contributed by atoms with Crippen molar-refractivity contribution < 1.29 is 4.42 Å². The van der Waals surface area contributed by atoms with Crippen LogP contribution in [0.3, 0.4) is 0 Å². The quantitative estimate of drug-likeness (QED) is 0.709. The Bertz CT molecular complexity index is 294. The molecule has 4 atom stereocenters. The highest BCUT2D eigenvalue weighted by Crippen LogP contribution is 2.51. The van der Waals surface area contributed by atoms with Gasteiger partial charge in [-0.25, -0.2) is 4.98 Å². The summed E-state index contributed by atoms with van der Waals surface area (Å²) in [5, 5.41) is 0. The molecule has 3 nitrogen and oxygen atoms in total. The molecule has 4 unspecified atom stereocenters. The van der Waals surface area contributed by atoms with E-state index < -0.39 is 0 Å². The van der Waals surface area contributed by atoms with Crippen LogP contribution in [-0.2, 0) is 0 Å².